The number of hydrogen-bond acceptors (Lipinski definition) is 5. The van der Waals surface area contributed by atoms with E-state index in [1.165, 1.54) is 6.07 Å². The summed E-state index contributed by atoms with van der Waals surface area (Å²) < 4.78 is 10.6. The molecule has 1 aromatic carbocycles. The predicted molar refractivity (Wildman–Crippen MR) is 84.4 cm³/mol. The second-order valence-electron chi connectivity index (χ2n) is 4.82. The van der Waals surface area contributed by atoms with Gasteiger partial charge in [-0.05, 0) is 37.3 Å². The Morgan fingerprint density at radius 3 is 2.57 bits per heavy atom. The fourth-order valence-electron chi connectivity index (χ4n) is 2.01. The number of benzene rings is 1. The molecular weight excluding hydrogens is 322 g/mol. The van der Waals surface area contributed by atoms with Crippen LogP contribution in [0.2, 0.25) is 5.02 Å². The van der Waals surface area contributed by atoms with E-state index >= 15 is 0 Å². The lowest BCUT2D eigenvalue weighted by atomic mass is 10.1. The number of halogens is 1. The summed E-state index contributed by atoms with van der Waals surface area (Å²) in [5.41, 5.74) is 6.41. The zero-order valence-corrected chi connectivity index (χ0v) is 13.2. The third-order valence-corrected chi connectivity index (χ3v) is 3.41. The van der Waals surface area contributed by atoms with Crippen molar-refractivity contribution in [2.75, 3.05) is 6.61 Å². The van der Waals surface area contributed by atoms with E-state index in [4.69, 9.17) is 31.6 Å². The van der Waals surface area contributed by atoms with Crippen molar-refractivity contribution in [1.82, 2.24) is 0 Å². The van der Waals surface area contributed by atoms with Gasteiger partial charge in [0.05, 0.1) is 6.61 Å². The number of esters is 1. The normalized spacial score (nSPS) is 12.0. The van der Waals surface area contributed by atoms with Gasteiger partial charge in [-0.1, -0.05) is 11.6 Å². The van der Waals surface area contributed by atoms with E-state index in [9.17, 15) is 9.59 Å². The standard InChI is InChI=1S/C16H16ClNO5/c1-2-22-16(21)11-7-13(9-3-5-10(17)6-4-9)23-14(11)8-12(18)15(19)20/h3-7,12H,2,8,18H2,1H3,(H,19,20). The Kier molecular flexibility index (Phi) is 5.41. The summed E-state index contributed by atoms with van der Waals surface area (Å²) in [6.07, 6.45) is -0.114. The second-order valence-corrected chi connectivity index (χ2v) is 5.26. The maximum Gasteiger partial charge on any atom is 0.341 e. The fraction of sp³-hybridized carbons (Fsp3) is 0.250. The maximum absolute atomic E-state index is 12.0. The van der Waals surface area contributed by atoms with E-state index < -0.39 is 18.0 Å². The highest BCUT2D eigenvalue weighted by Crippen LogP contribution is 2.28. The molecule has 1 unspecified atom stereocenters. The molecule has 0 aliphatic carbocycles. The highest BCUT2D eigenvalue weighted by Gasteiger charge is 2.24. The monoisotopic (exact) mass is 337 g/mol. The number of carbonyl (C=O) groups excluding carboxylic acids is 1. The minimum atomic E-state index is -1.18. The molecule has 0 spiro atoms. The number of ether oxygens (including phenoxy) is 1. The zero-order valence-electron chi connectivity index (χ0n) is 12.4. The quantitative estimate of drug-likeness (QED) is 0.786. The van der Waals surface area contributed by atoms with Gasteiger partial charge in [0.25, 0.3) is 0 Å². The highest BCUT2D eigenvalue weighted by molar-refractivity contribution is 6.30. The van der Waals surface area contributed by atoms with Crippen LogP contribution < -0.4 is 5.73 Å². The van der Waals surface area contributed by atoms with E-state index in [-0.39, 0.29) is 24.4 Å². The van der Waals surface area contributed by atoms with Crippen LogP contribution in [-0.4, -0.2) is 29.7 Å². The van der Waals surface area contributed by atoms with Gasteiger partial charge in [0.2, 0.25) is 0 Å². The van der Waals surface area contributed by atoms with Crippen molar-refractivity contribution >= 4 is 23.5 Å². The number of rotatable bonds is 6. The van der Waals surface area contributed by atoms with Crippen molar-refractivity contribution in [1.29, 1.82) is 0 Å². The first-order chi connectivity index (χ1) is 10.9. The Bertz CT molecular complexity index is 708. The molecule has 2 rings (SSSR count). The Morgan fingerprint density at radius 1 is 1.35 bits per heavy atom. The van der Waals surface area contributed by atoms with Crippen molar-refractivity contribution < 1.29 is 23.8 Å². The number of carbonyl (C=O) groups is 2. The summed E-state index contributed by atoms with van der Waals surface area (Å²) >= 11 is 5.84. The van der Waals surface area contributed by atoms with Crippen LogP contribution in [0.3, 0.4) is 0 Å². The van der Waals surface area contributed by atoms with Crippen LogP contribution in [0, 0.1) is 0 Å². The molecule has 0 fully saturated rings. The molecular formula is C16H16ClNO5. The molecule has 0 aliphatic rings. The van der Waals surface area contributed by atoms with Gasteiger partial charge in [-0.2, -0.15) is 0 Å². The Hall–Kier alpha value is -2.31. The number of carboxylic acids is 1. The molecule has 1 aromatic heterocycles. The molecule has 23 heavy (non-hydrogen) atoms. The van der Waals surface area contributed by atoms with Crippen molar-refractivity contribution in [3.63, 3.8) is 0 Å². The molecule has 6 nitrogen and oxygen atoms in total. The Balaban J connectivity index is 2.40. The van der Waals surface area contributed by atoms with Crippen LogP contribution in [0.5, 0.6) is 0 Å². The van der Waals surface area contributed by atoms with Crippen LogP contribution in [0.4, 0.5) is 0 Å². The van der Waals surface area contributed by atoms with E-state index in [1.807, 2.05) is 0 Å². The van der Waals surface area contributed by atoms with E-state index in [0.29, 0.717) is 16.3 Å². The number of furan rings is 1. The van der Waals surface area contributed by atoms with Crippen LogP contribution in [-0.2, 0) is 16.0 Å². The van der Waals surface area contributed by atoms with Crippen molar-refractivity contribution in [3.05, 3.63) is 46.7 Å². The summed E-state index contributed by atoms with van der Waals surface area (Å²) in [6.45, 7) is 1.88. The van der Waals surface area contributed by atoms with Gasteiger partial charge in [-0.15, -0.1) is 0 Å². The number of carboxylic acid groups (broad SMARTS) is 1. The summed E-state index contributed by atoms with van der Waals surface area (Å²) in [5, 5.41) is 9.50. The van der Waals surface area contributed by atoms with E-state index in [1.54, 1.807) is 31.2 Å². The molecule has 0 saturated carbocycles. The molecule has 0 amide bonds. The van der Waals surface area contributed by atoms with Crippen molar-refractivity contribution in [2.24, 2.45) is 5.73 Å². The average molecular weight is 338 g/mol. The molecule has 7 heteroatoms. The molecule has 0 saturated heterocycles. The Labute approximate surface area is 137 Å². The van der Waals surface area contributed by atoms with Gasteiger partial charge < -0.3 is 20.0 Å². The molecule has 122 valence electrons. The summed E-state index contributed by atoms with van der Waals surface area (Å²) in [6, 6.07) is 7.18. The predicted octanol–water partition coefficient (Wildman–Crippen LogP) is 2.73. The average Bonchev–Trinajstić information content (AvgIpc) is 2.92. The van der Waals surface area contributed by atoms with E-state index in [0.717, 1.165) is 0 Å². The van der Waals surface area contributed by atoms with Crippen LogP contribution in [0.15, 0.2) is 34.7 Å². The van der Waals surface area contributed by atoms with Gasteiger partial charge in [0, 0.05) is 17.0 Å². The molecule has 0 aliphatic heterocycles. The molecule has 0 bridgehead atoms. The van der Waals surface area contributed by atoms with Crippen LogP contribution in [0.25, 0.3) is 11.3 Å². The zero-order chi connectivity index (χ0) is 17.0. The first-order valence-corrected chi connectivity index (χ1v) is 7.34. The number of nitrogens with two attached hydrogens (primary N) is 1. The highest BCUT2D eigenvalue weighted by atomic mass is 35.5. The molecule has 1 heterocycles. The lowest BCUT2D eigenvalue weighted by Crippen LogP contribution is -2.32. The van der Waals surface area contributed by atoms with Gasteiger partial charge in [-0.3, -0.25) is 4.79 Å². The summed E-state index contributed by atoms with van der Waals surface area (Å²) in [5.74, 6) is -1.16. The number of aliphatic carboxylic acids is 1. The van der Waals surface area contributed by atoms with Crippen molar-refractivity contribution in [2.45, 2.75) is 19.4 Å². The molecule has 1 atom stereocenters. The van der Waals surface area contributed by atoms with E-state index in [2.05, 4.69) is 0 Å². The molecule has 2 aromatic rings. The maximum atomic E-state index is 12.0. The molecule has 0 radical (unpaired) electrons. The third kappa shape index (κ3) is 4.12. The first-order valence-electron chi connectivity index (χ1n) is 6.96. The van der Waals surface area contributed by atoms with Crippen molar-refractivity contribution in [3.8, 4) is 11.3 Å². The van der Waals surface area contributed by atoms with Gasteiger partial charge in [0.15, 0.2) is 0 Å². The lowest BCUT2D eigenvalue weighted by molar-refractivity contribution is -0.138. The lowest BCUT2D eigenvalue weighted by Gasteiger charge is -2.06. The summed E-state index contributed by atoms with van der Waals surface area (Å²) in [4.78, 5) is 23.0. The smallest absolute Gasteiger partial charge is 0.341 e. The van der Waals surface area contributed by atoms with Gasteiger partial charge in [0.1, 0.15) is 23.1 Å². The molecule has 3 N–H and O–H groups in total. The SMILES string of the molecule is CCOC(=O)c1cc(-c2ccc(Cl)cc2)oc1CC(N)C(=O)O. The topological polar surface area (TPSA) is 103 Å². The van der Waals surface area contributed by atoms with Gasteiger partial charge >= 0.3 is 11.9 Å². The largest absolute Gasteiger partial charge is 0.480 e. The summed E-state index contributed by atoms with van der Waals surface area (Å²) in [7, 11) is 0. The second kappa shape index (κ2) is 7.30. The first kappa shape index (κ1) is 17.1. The minimum absolute atomic E-state index is 0.114. The minimum Gasteiger partial charge on any atom is -0.480 e. The van der Waals surface area contributed by atoms with Gasteiger partial charge in [-0.25, -0.2) is 4.79 Å². The third-order valence-electron chi connectivity index (χ3n) is 3.16. The van der Waals surface area contributed by atoms with Crippen LogP contribution in [0.1, 0.15) is 23.0 Å². The fourth-order valence-corrected chi connectivity index (χ4v) is 2.13. The van der Waals surface area contributed by atoms with Crippen LogP contribution >= 0.6 is 11.6 Å². The number of hydrogen-bond donors (Lipinski definition) is 2. The Morgan fingerprint density at radius 2 is 2.00 bits per heavy atom.